The third-order valence-electron chi connectivity index (χ3n) is 10.4. The van der Waals surface area contributed by atoms with Crippen molar-refractivity contribution in [3.05, 3.63) is 53.6 Å². The van der Waals surface area contributed by atoms with E-state index in [2.05, 4.69) is 39.6 Å². The van der Waals surface area contributed by atoms with E-state index in [4.69, 9.17) is 9.47 Å². The number of carbonyl (C=O) groups excluding carboxylic acids is 2. The van der Waals surface area contributed by atoms with Crippen LogP contribution >= 0.6 is 0 Å². The molecule has 2 saturated heterocycles. The fourth-order valence-corrected chi connectivity index (χ4v) is 8.28. The van der Waals surface area contributed by atoms with Crippen LogP contribution in [0, 0.1) is 5.92 Å². The molecule has 3 unspecified atom stereocenters. The molecule has 4 fully saturated rings. The van der Waals surface area contributed by atoms with Gasteiger partial charge < -0.3 is 23.8 Å². The number of amides is 1. The summed E-state index contributed by atoms with van der Waals surface area (Å²) in [6.45, 7) is 1.88. The molecule has 0 N–H and O–H groups in total. The highest BCUT2D eigenvalue weighted by atomic mass is 16.5. The molecule has 0 spiro atoms. The molecular weight excluding hydrogens is 526 g/mol. The van der Waals surface area contributed by atoms with Crippen molar-refractivity contribution in [3.63, 3.8) is 0 Å². The third kappa shape index (κ3) is 4.70. The highest BCUT2D eigenvalue weighted by molar-refractivity contribution is 6.00. The number of likely N-dealkylation sites (N-methyl/N-ethyl adjacent to an activating group) is 1. The molecule has 1 amide bonds. The summed E-state index contributed by atoms with van der Waals surface area (Å²) in [5.74, 6) is 1.45. The van der Waals surface area contributed by atoms with E-state index in [1.807, 2.05) is 24.3 Å². The van der Waals surface area contributed by atoms with Gasteiger partial charge in [0, 0.05) is 30.6 Å². The number of ether oxygens (including phenoxy) is 2. The molecule has 7 heteroatoms. The van der Waals surface area contributed by atoms with Gasteiger partial charge in [-0.2, -0.15) is 0 Å². The van der Waals surface area contributed by atoms with Gasteiger partial charge in [-0.05, 0) is 105 Å². The molecule has 7 nitrogen and oxygen atoms in total. The molecule has 42 heavy (non-hydrogen) atoms. The van der Waals surface area contributed by atoms with Crippen molar-refractivity contribution in [2.24, 2.45) is 5.92 Å². The van der Waals surface area contributed by atoms with E-state index in [1.165, 1.54) is 37.3 Å². The maximum Gasteiger partial charge on any atom is 0.337 e. The number of methoxy groups -OCH3 is 2. The predicted molar refractivity (Wildman–Crippen MR) is 164 cm³/mol. The zero-order valence-corrected chi connectivity index (χ0v) is 25.2. The number of aromatic nitrogens is 1. The third-order valence-corrected chi connectivity index (χ3v) is 10.4. The molecular formula is C35H43N3O4. The summed E-state index contributed by atoms with van der Waals surface area (Å²) in [5.41, 5.74) is 5.10. The monoisotopic (exact) mass is 569 g/mol. The summed E-state index contributed by atoms with van der Waals surface area (Å²) < 4.78 is 13.0. The van der Waals surface area contributed by atoms with Crippen molar-refractivity contribution in [3.8, 4) is 17.0 Å². The maximum atomic E-state index is 14.9. The lowest BCUT2D eigenvalue weighted by atomic mass is 9.81. The molecule has 1 aromatic heterocycles. The molecule has 3 aromatic rings. The quantitative estimate of drug-likeness (QED) is 0.308. The van der Waals surface area contributed by atoms with Crippen LogP contribution in [0.15, 0.2) is 42.5 Å². The SMILES string of the molecule is COC(=O)c1ccc2c(C3CCCCC3)c(-c3ccc(OC)cc3)n(C(C(=O)N3C4CCC3CN(C)C4)C3CC3)c2c1. The van der Waals surface area contributed by atoms with Crippen molar-refractivity contribution in [2.75, 3.05) is 34.4 Å². The van der Waals surface area contributed by atoms with Crippen LogP contribution in [0.25, 0.3) is 22.2 Å². The zero-order chi connectivity index (χ0) is 29.0. The van der Waals surface area contributed by atoms with Gasteiger partial charge in [0.25, 0.3) is 0 Å². The largest absolute Gasteiger partial charge is 0.497 e. The number of piperazine rings is 1. The Bertz CT molecular complexity index is 1470. The number of fused-ring (bicyclic) bond motifs is 3. The second-order valence-electron chi connectivity index (χ2n) is 13.1. The van der Waals surface area contributed by atoms with Crippen molar-refractivity contribution in [2.45, 2.75) is 81.8 Å². The lowest BCUT2D eigenvalue weighted by Gasteiger charge is -2.41. The lowest BCUT2D eigenvalue weighted by Crippen LogP contribution is -2.56. The molecule has 2 aromatic carbocycles. The summed E-state index contributed by atoms with van der Waals surface area (Å²) in [7, 11) is 5.30. The summed E-state index contributed by atoms with van der Waals surface area (Å²) >= 11 is 0. The van der Waals surface area contributed by atoms with E-state index in [0.29, 0.717) is 17.4 Å². The van der Waals surface area contributed by atoms with Crippen LogP contribution in [-0.4, -0.2) is 72.7 Å². The number of nitrogens with zero attached hydrogens (tertiary/aromatic N) is 3. The molecule has 3 heterocycles. The first-order chi connectivity index (χ1) is 20.5. The smallest absolute Gasteiger partial charge is 0.337 e. The standard InChI is InChI=1S/C35H43N3O4/c1-36-20-26-14-15-27(21-36)37(26)34(39)33(24-9-10-24)38-30-19-25(35(40)42-3)13-18-29(30)31(22-7-5-4-6-8-22)32(38)23-11-16-28(41-2)17-12-23/h11-13,16-19,22,24,26-27,33H,4-10,14-15,20-21H2,1-3H3. The van der Waals surface area contributed by atoms with E-state index < -0.39 is 0 Å². The number of likely N-dealkylation sites (tertiary alicyclic amines) is 1. The summed E-state index contributed by atoms with van der Waals surface area (Å²) in [5, 5.41) is 1.17. The van der Waals surface area contributed by atoms with E-state index in [0.717, 1.165) is 74.1 Å². The second-order valence-corrected chi connectivity index (χ2v) is 13.1. The highest BCUT2D eigenvalue weighted by Crippen LogP contribution is 2.51. The molecule has 2 aliphatic heterocycles. The fourth-order valence-electron chi connectivity index (χ4n) is 8.28. The maximum absolute atomic E-state index is 14.9. The minimum atomic E-state index is -0.346. The van der Waals surface area contributed by atoms with Crippen LogP contribution in [0.3, 0.4) is 0 Å². The molecule has 2 aliphatic carbocycles. The van der Waals surface area contributed by atoms with Crippen LogP contribution < -0.4 is 4.74 Å². The van der Waals surface area contributed by atoms with Crippen LogP contribution in [0.1, 0.15) is 85.7 Å². The second kappa shape index (κ2) is 11.1. The minimum Gasteiger partial charge on any atom is -0.497 e. The van der Waals surface area contributed by atoms with E-state index >= 15 is 0 Å². The van der Waals surface area contributed by atoms with Crippen molar-refractivity contribution >= 4 is 22.8 Å². The Kier molecular flexibility index (Phi) is 7.25. The first kappa shape index (κ1) is 27.5. The molecule has 2 bridgehead atoms. The fraction of sp³-hybridized carbons (Fsp3) is 0.543. The zero-order valence-electron chi connectivity index (χ0n) is 25.2. The van der Waals surface area contributed by atoms with Gasteiger partial charge in [-0.3, -0.25) is 4.79 Å². The molecule has 4 aliphatic rings. The highest BCUT2D eigenvalue weighted by Gasteiger charge is 2.48. The Balaban J connectivity index is 1.47. The van der Waals surface area contributed by atoms with E-state index in [-0.39, 0.29) is 30.0 Å². The van der Waals surface area contributed by atoms with Gasteiger partial charge in [0.2, 0.25) is 5.91 Å². The van der Waals surface area contributed by atoms with E-state index in [1.54, 1.807) is 7.11 Å². The van der Waals surface area contributed by atoms with Gasteiger partial charge in [-0.15, -0.1) is 0 Å². The van der Waals surface area contributed by atoms with Crippen LogP contribution in [0.4, 0.5) is 0 Å². The summed E-state index contributed by atoms with van der Waals surface area (Å²) in [4.78, 5) is 32.4. The van der Waals surface area contributed by atoms with Crippen LogP contribution in [0.2, 0.25) is 0 Å². The number of rotatable bonds is 7. The minimum absolute atomic E-state index is 0.267. The molecule has 3 atom stereocenters. The van der Waals surface area contributed by atoms with Crippen LogP contribution in [-0.2, 0) is 9.53 Å². The Morgan fingerprint density at radius 3 is 2.17 bits per heavy atom. The van der Waals surface area contributed by atoms with Gasteiger partial charge in [0.05, 0.1) is 31.0 Å². The van der Waals surface area contributed by atoms with Gasteiger partial charge in [0.15, 0.2) is 0 Å². The number of hydrogen-bond acceptors (Lipinski definition) is 5. The Morgan fingerprint density at radius 1 is 0.857 bits per heavy atom. The summed E-state index contributed by atoms with van der Waals surface area (Å²) in [6, 6.07) is 14.6. The Morgan fingerprint density at radius 2 is 1.55 bits per heavy atom. The van der Waals surface area contributed by atoms with Gasteiger partial charge >= 0.3 is 5.97 Å². The normalized spacial score (nSPS) is 23.7. The predicted octanol–water partition coefficient (Wildman–Crippen LogP) is 6.41. The number of hydrogen-bond donors (Lipinski definition) is 0. The average Bonchev–Trinajstić information content (AvgIpc) is 3.75. The molecule has 2 saturated carbocycles. The van der Waals surface area contributed by atoms with E-state index in [9.17, 15) is 9.59 Å². The topological polar surface area (TPSA) is 64.0 Å². The van der Waals surface area contributed by atoms with Gasteiger partial charge in [-0.1, -0.05) is 25.3 Å². The average molecular weight is 570 g/mol. The van der Waals surface area contributed by atoms with Crippen molar-refractivity contribution in [1.82, 2.24) is 14.4 Å². The first-order valence-electron chi connectivity index (χ1n) is 15.9. The first-order valence-corrected chi connectivity index (χ1v) is 15.9. The Hall–Kier alpha value is -3.32. The molecule has 7 rings (SSSR count). The van der Waals surface area contributed by atoms with Crippen LogP contribution in [0.5, 0.6) is 5.75 Å². The van der Waals surface area contributed by atoms with Crippen molar-refractivity contribution in [1.29, 1.82) is 0 Å². The molecule has 222 valence electrons. The van der Waals surface area contributed by atoms with Crippen molar-refractivity contribution < 1.29 is 19.1 Å². The number of carbonyl (C=O) groups is 2. The summed E-state index contributed by atoms with van der Waals surface area (Å²) in [6.07, 6.45) is 10.3. The number of esters is 1. The number of benzene rings is 2. The lowest BCUT2D eigenvalue weighted by molar-refractivity contribution is -0.140. The molecule has 0 radical (unpaired) electrons. The van der Waals surface area contributed by atoms with Gasteiger partial charge in [0.1, 0.15) is 11.8 Å². The van der Waals surface area contributed by atoms with Gasteiger partial charge in [-0.25, -0.2) is 4.79 Å². The Labute approximate surface area is 248 Å².